The minimum absolute atomic E-state index is 0.200. The molecule has 22 heavy (non-hydrogen) atoms. The van der Waals surface area contributed by atoms with Crippen LogP contribution < -0.4 is 5.32 Å². The van der Waals surface area contributed by atoms with Gasteiger partial charge in [0.25, 0.3) is 0 Å². The summed E-state index contributed by atoms with van der Waals surface area (Å²) in [6, 6.07) is -0.563. The summed E-state index contributed by atoms with van der Waals surface area (Å²) < 4.78 is 5.05. The van der Waals surface area contributed by atoms with Gasteiger partial charge in [0.2, 0.25) is 5.91 Å². The lowest BCUT2D eigenvalue weighted by Gasteiger charge is -2.29. The van der Waals surface area contributed by atoms with Crippen LogP contribution in [0.1, 0.15) is 47.5 Å². The van der Waals surface area contributed by atoms with Crippen LogP contribution in [-0.4, -0.2) is 35.5 Å². The molecule has 0 heterocycles. The fraction of sp³-hybridized carbons (Fsp3) is 0.765. The molecule has 4 nitrogen and oxygen atoms in total. The first kappa shape index (κ1) is 19.1. The van der Waals surface area contributed by atoms with Crippen LogP contribution in [0.15, 0.2) is 11.6 Å². The fourth-order valence-corrected chi connectivity index (χ4v) is 3.94. The maximum absolute atomic E-state index is 11.9. The van der Waals surface area contributed by atoms with Gasteiger partial charge >= 0.3 is 5.97 Å². The molecule has 0 saturated heterocycles. The fourth-order valence-electron chi connectivity index (χ4n) is 2.57. The molecule has 5 heteroatoms. The molecule has 0 aromatic heterocycles. The standard InChI is InChI=1S/C17H29NO3S/c1-6-21-17(20)15(18-13(5)19)10-22-16-9-14(11(2)3)8-7-12(16)4/h9,11-12,15-16H,6-8,10H2,1-5H3,(H,18,19)/t12?,15-,16?/m0/s1. The monoisotopic (exact) mass is 327 g/mol. The highest BCUT2D eigenvalue weighted by Crippen LogP contribution is 2.34. The van der Waals surface area contributed by atoms with E-state index in [1.807, 2.05) is 0 Å². The molecule has 0 radical (unpaired) electrons. The number of hydrogen-bond acceptors (Lipinski definition) is 4. The number of thioether (sulfide) groups is 1. The third kappa shape index (κ3) is 6.03. The maximum atomic E-state index is 11.9. The van der Waals surface area contributed by atoms with E-state index in [-0.39, 0.29) is 11.9 Å². The van der Waals surface area contributed by atoms with Crippen molar-refractivity contribution in [3.05, 3.63) is 11.6 Å². The van der Waals surface area contributed by atoms with Gasteiger partial charge in [-0.15, -0.1) is 0 Å². The van der Waals surface area contributed by atoms with Crippen molar-refractivity contribution in [3.63, 3.8) is 0 Å². The summed E-state index contributed by atoms with van der Waals surface area (Å²) >= 11 is 1.74. The third-order valence-electron chi connectivity index (χ3n) is 3.97. The van der Waals surface area contributed by atoms with Crippen LogP contribution in [0.4, 0.5) is 0 Å². The zero-order valence-electron chi connectivity index (χ0n) is 14.3. The molecule has 0 aromatic carbocycles. The van der Waals surface area contributed by atoms with Crippen molar-refractivity contribution in [2.24, 2.45) is 11.8 Å². The highest BCUT2D eigenvalue weighted by Gasteiger charge is 2.26. The lowest BCUT2D eigenvalue weighted by atomic mass is 9.86. The number of hydrogen-bond donors (Lipinski definition) is 1. The molecule has 0 spiro atoms. The van der Waals surface area contributed by atoms with Gasteiger partial charge in [0.05, 0.1) is 6.61 Å². The Labute approximate surface area is 138 Å². The minimum Gasteiger partial charge on any atom is -0.464 e. The predicted octanol–water partition coefficient (Wildman–Crippen LogP) is 3.17. The Kier molecular flexibility index (Phi) is 8.01. The van der Waals surface area contributed by atoms with Crippen molar-refractivity contribution in [2.45, 2.75) is 58.8 Å². The molecule has 0 saturated carbocycles. The molecular weight excluding hydrogens is 298 g/mol. The number of ether oxygens (including phenoxy) is 1. The average Bonchev–Trinajstić information content (AvgIpc) is 2.44. The number of allylic oxidation sites excluding steroid dienone is 1. The first-order chi connectivity index (χ1) is 10.3. The van der Waals surface area contributed by atoms with Crippen molar-refractivity contribution < 1.29 is 14.3 Å². The number of carbonyl (C=O) groups excluding carboxylic acids is 2. The van der Waals surface area contributed by atoms with Crippen LogP contribution in [0.5, 0.6) is 0 Å². The number of amides is 1. The smallest absolute Gasteiger partial charge is 0.329 e. The van der Waals surface area contributed by atoms with Gasteiger partial charge in [0.15, 0.2) is 0 Å². The molecule has 126 valence electrons. The molecule has 1 N–H and O–H groups in total. The molecule has 1 aliphatic carbocycles. The molecule has 0 aliphatic heterocycles. The van der Waals surface area contributed by atoms with Crippen molar-refractivity contribution >= 4 is 23.6 Å². The SMILES string of the molecule is CCOC(=O)[C@H](CSC1C=C(C(C)C)CCC1C)NC(C)=O. The van der Waals surface area contributed by atoms with Gasteiger partial charge in [0, 0.05) is 17.9 Å². The van der Waals surface area contributed by atoms with Crippen LogP contribution in [0, 0.1) is 11.8 Å². The van der Waals surface area contributed by atoms with E-state index in [1.165, 1.54) is 25.3 Å². The highest BCUT2D eigenvalue weighted by atomic mass is 32.2. The van der Waals surface area contributed by atoms with Gasteiger partial charge in [-0.25, -0.2) is 4.79 Å². The number of esters is 1. The Morgan fingerprint density at radius 3 is 2.68 bits per heavy atom. The van der Waals surface area contributed by atoms with Crippen LogP contribution in [0.2, 0.25) is 0 Å². The van der Waals surface area contributed by atoms with Crippen molar-refractivity contribution in [1.82, 2.24) is 5.32 Å². The predicted molar refractivity (Wildman–Crippen MR) is 91.8 cm³/mol. The van der Waals surface area contributed by atoms with Gasteiger partial charge in [-0.3, -0.25) is 4.79 Å². The van der Waals surface area contributed by atoms with Crippen LogP contribution in [0.25, 0.3) is 0 Å². The Morgan fingerprint density at radius 1 is 1.45 bits per heavy atom. The normalized spacial score (nSPS) is 22.9. The lowest BCUT2D eigenvalue weighted by Crippen LogP contribution is -2.43. The second-order valence-electron chi connectivity index (χ2n) is 6.22. The summed E-state index contributed by atoms with van der Waals surface area (Å²) in [6.45, 7) is 10.2. The van der Waals surface area contributed by atoms with Crippen LogP contribution in [-0.2, 0) is 14.3 Å². The van der Waals surface area contributed by atoms with E-state index in [1.54, 1.807) is 18.7 Å². The summed E-state index contributed by atoms with van der Waals surface area (Å²) in [5, 5.41) is 3.10. The molecule has 1 aliphatic rings. The van der Waals surface area contributed by atoms with Gasteiger partial charge in [-0.2, -0.15) is 11.8 Å². The Hall–Kier alpha value is -0.970. The van der Waals surface area contributed by atoms with E-state index in [9.17, 15) is 9.59 Å². The second-order valence-corrected chi connectivity index (χ2v) is 7.43. The molecule has 1 amide bonds. The van der Waals surface area contributed by atoms with E-state index in [0.717, 1.165) is 0 Å². The number of nitrogens with one attached hydrogen (secondary N) is 1. The van der Waals surface area contributed by atoms with Gasteiger partial charge in [-0.1, -0.05) is 32.4 Å². The van der Waals surface area contributed by atoms with E-state index in [0.29, 0.717) is 29.4 Å². The molecule has 2 unspecified atom stereocenters. The quantitative estimate of drug-likeness (QED) is 0.576. The summed E-state index contributed by atoms with van der Waals surface area (Å²) in [6.07, 6.45) is 4.72. The maximum Gasteiger partial charge on any atom is 0.329 e. The van der Waals surface area contributed by atoms with Gasteiger partial charge < -0.3 is 10.1 Å². The van der Waals surface area contributed by atoms with Crippen molar-refractivity contribution in [2.75, 3.05) is 12.4 Å². The van der Waals surface area contributed by atoms with E-state index in [2.05, 4.69) is 32.2 Å². The molecule has 0 fully saturated rings. The first-order valence-corrected chi connectivity index (χ1v) is 9.15. The number of rotatable bonds is 7. The Balaban J connectivity index is 2.67. The molecule has 0 aromatic rings. The van der Waals surface area contributed by atoms with Crippen LogP contribution in [0.3, 0.4) is 0 Å². The van der Waals surface area contributed by atoms with Crippen LogP contribution >= 0.6 is 11.8 Å². The summed E-state index contributed by atoms with van der Waals surface area (Å²) in [5.41, 5.74) is 1.50. The zero-order valence-corrected chi connectivity index (χ0v) is 15.2. The summed E-state index contributed by atoms with van der Waals surface area (Å²) in [7, 11) is 0. The largest absolute Gasteiger partial charge is 0.464 e. The molecule has 1 rings (SSSR count). The van der Waals surface area contributed by atoms with Crippen molar-refractivity contribution in [3.8, 4) is 0 Å². The van der Waals surface area contributed by atoms with Gasteiger partial charge in [0.1, 0.15) is 6.04 Å². The lowest BCUT2D eigenvalue weighted by molar-refractivity contribution is -0.146. The van der Waals surface area contributed by atoms with E-state index in [4.69, 9.17) is 4.74 Å². The summed E-state index contributed by atoms with van der Waals surface area (Å²) in [5.74, 6) is 1.17. The zero-order chi connectivity index (χ0) is 16.7. The van der Waals surface area contributed by atoms with E-state index >= 15 is 0 Å². The topological polar surface area (TPSA) is 55.4 Å². The van der Waals surface area contributed by atoms with Gasteiger partial charge in [-0.05, 0) is 31.6 Å². The molecular formula is C17H29NO3S. The third-order valence-corrected chi connectivity index (χ3v) is 5.48. The average molecular weight is 327 g/mol. The summed E-state index contributed by atoms with van der Waals surface area (Å²) in [4.78, 5) is 23.2. The Morgan fingerprint density at radius 2 is 2.14 bits per heavy atom. The minimum atomic E-state index is -0.563. The second kappa shape index (κ2) is 9.23. The molecule has 0 bridgehead atoms. The highest BCUT2D eigenvalue weighted by molar-refractivity contribution is 8.00. The Bertz CT molecular complexity index is 420. The molecule has 3 atom stereocenters. The van der Waals surface area contributed by atoms with E-state index < -0.39 is 6.04 Å². The number of carbonyl (C=O) groups is 2. The first-order valence-electron chi connectivity index (χ1n) is 8.11. The van der Waals surface area contributed by atoms with Crippen molar-refractivity contribution in [1.29, 1.82) is 0 Å².